The monoisotopic (exact) mass is 360 g/mol. The lowest BCUT2D eigenvalue weighted by Gasteiger charge is -2.10. The molecule has 0 aromatic heterocycles. The largest absolute Gasteiger partial charge is 0.469 e. The van der Waals surface area contributed by atoms with Crippen LogP contribution in [0.15, 0.2) is 36.4 Å². The number of carbonyl (C=O) groups excluding carboxylic acids is 2. The quantitative estimate of drug-likeness (QED) is 0.360. The van der Waals surface area contributed by atoms with Crippen LogP contribution in [0.2, 0.25) is 0 Å². The van der Waals surface area contributed by atoms with Crippen LogP contribution in [0.3, 0.4) is 0 Å². The number of nitrogens with two attached hydrogens (primary N) is 1. The number of nitrogens with zero attached hydrogens (tertiary/aromatic N) is 1. The van der Waals surface area contributed by atoms with Crippen LogP contribution in [0, 0.1) is 10.1 Å². The van der Waals surface area contributed by atoms with E-state index in [9.17, 15) is 19.7 Å². The Kier molecular flexibility index (Phi) is 5.74. The van der Waals surface area contributed by atoms with Gasteiger partial charge >= 0.3 is 11.9 Å². The van der Waals surface area contributed by atoms with Crippen LogP contribution in [-0.4, -0.2) is 31.1 Å². The van der Waals surface area contributed by atoms with Gasteiger partial charge < -0.3 is 19.9 Å². The third kappa shape index (κ3) is 4.26. The van der Waals surface area contributed by atoms with Gasteiger partial charge in [0.1, 0.15) is 11.5 Å². The molecule has 2 aromatic carbocycles. The van der Waals surface area contributed by atoms with Crippen molar-refractivity contribution in [2.75, 3.05) is 20.0 Å². The molecule has 0 saturated carbocycles. The molecule has 0 bridgehead atoms. The molecule has 2 rings (SSSR count). The minimum atomic E-state index is -0.622. The van der Waals surface area contributed by atoms with E-state index < -0.39 is 16.9 Å². The van der Waals surface area contributed by atoms with E-state index in [4.69, 9.17) is 10.5 Å². The Balaban J connectivity index is 2.35. The molecule has 136 valence electrons. The second-order valence-corrected chi connectivity index (χ2v) is 5.14. The molecule has 0 fully saturated rings. The summed E-state index contributed by atoms with van der Waals surface area (Å²) < 4.78 is 14.8. The molecule has 0 amide bonds. The van der Waals surface area contributed by atoms with E-state index in [0.717, 1.165) is 0 Å². The predicted molar refractivity (Wildman–Crippen MR) is 91.1 cm³/mol. The van der Waals surface area contributed by atoms with Crippen molar-refractivity contribution >= 4 is 23.3 Å². The van der Waals surface area contributed by atoms with E-state index >= 15 is 0 Å². The molecular weight excluding hydrogens is 344 g/mol. The fraction of sp³-hybridized carbons (Fsp3) is 0.176. The molecule has 9 heteroatoms. The normalized spacial score (nSPS) is 10.1. The molecule has 26 heavy (non-hydrogen) atoms. The van der Waals surface area contributed by atoms with Gasteiger partial charge in [0.2, 0.25) is 0 Å². The molecule has 2 N–H and O–H groups in total. The number of nitro benzene ring substituents is 1. The Morgan fingerprint density at radius 3 is 2.35 bits per heavy atom. The van der Waals surface area contributed by atoms with Gasteiger partial charge in [0.05, 0.1) is 31.1 Å². The second-order valence-electron chi connectivity index (χ2n) is 5.14. The van der Waals surface area contributed by atoms with Gasteiger partial charge in [-0.25, -0.2) is 4.79 Å². The average molecular weight is 360 g/mol. The van der Waals surface area contributed by atoms with E-state index in [1.54, 1.807) is 0 Å². The molecule has 0 heterocycles. The van der Waals surface area contributed by atoms with Gasteiger partial charge in [-0.1, -0.05) is 0 Å². The van der Waals surface area contributed by atoms with Crippen LogP contribution in [0.5, 0.6) is 11.5 Å². The third-order valence-electron chi connectivity index (χ3n) is 3.48. The Bertz CT molecular complexity index is 864. The average Bonchev–Trinajstić information content (AvgIpc) is 2.62. The number of anilines is 1. The molecule has 0 aliphatic carbocycles. The summed E-state index contributed by atoms with van der Waals surface area (Å²) in [6.45, 7) is 0. The first-order valence-corrected chi connectivity index (χ1v) is 7.35. The Hall–Kier alpha value is -3.62. The second kappa shape index (κ2) is 7.97. The summed E-state index contributed by atoms with van der Waals surface area (Å²) >= 11 is 0. The van der Waals surface area contributed by atoms with E-state index in [1.165, 1.54) is 50.6 Å². The fourth-order valence-corrected chi connectivity index (χ4v) is 2.19. The number of nitro groups is 1. The van der Waals surface area contributed by atoms with Gasteiger partial charge in [0, 0.05) is 17.3 Å². The first kappa shape index (κ1) is 18.7. The molecule has 0 radical (unpaired) electrons. The summed E-state index contributed by atoms with van der Waals surface area (Å²) in [6.07, 6.45) is -0.279. The zero-order chi connectivity index (χ0) is 19.3. The number of nitrogen functional groups attached to an aromatic ring is 1. The summed E-state index contributed by atoms with van der Waals surface area (Å²) in [4.78, 5) is 33.6. The highest BCUT2D eigenvalue weighted by Crippen LogP contribution is 2.30. The van der Waals surface area contributed by atoms with Gasteiger partial charge in [-0.2, -0.15) is 0 Å². The van der Waals surface area contributed by atoms with Gasteiger partial charge in [-0.05, 0) is 30.3 Å². The SMILES string of the molecule is COC(=O)Cc1cc(Oc2ccc(N)c(C(=O)OC)c2)ccc1[N+](=O)[O-]. The maximum absolute atomic E-state index is 11.7. The molecular formula is C17H16N2O7. The van der Waals surface area contributed by atoms with E-state index in [-0.39, 0.29) is 40.4 Å². The first-order chi connectivity index (χ1) is 12.3. The van der Waals surface area contributed by atoms with Crippen molar-refractivity contribution in [1.29, 1.82) is 0 Å². The van der Waals surface area contributed by atoms with Gasteiger partial charge in [0.25, 0.3) is 5.69 Å². The number of ether oxygens (including phenoxy) is 3. The summed E-state index contributed by atoms with van der Waals surface area (Å²) in [6, 6.07) is 8.37. The molecule has 0 aliphatic rings. The molecule has 9 nitrogen and oxygen atoms in total. The number of methoxy groups -OCH3 is 2. The lowest BCUT2D eigenvalue weighted by molar-refractivity contribution is -0.385. The number of hydrogen-bond acceptors (Lipinski definition) is 8. The predicted octanol–water partition coefficient (Wildman–Crippen LogP) is 2.47. The van der Waals surface area contributed by atoms with Crippen LogP contribution in [-0.2, 0) is 20.7 Å². The standard InChI is InChI=1S/C17H16N2O7/c1-24-16(20)8-10-7-11(4-6-15(10)19(22)23)26-12-3-5-14(18)13(9-12)17(21)25-2/h3-7,9H,8,18H2,1-2H3. The Morgan fingerprint density at radius 1 is 1.08 bits per heavy atom. The Morgan fingerprint density at radius 2 is 1.73 bits per heavy atom. The van der Waals surface area contributed by atoms with Crippen LogP contribution in [0.25, 0.3) is 0 Å². The molecule has 0 atom stereocenters. The number of esters is 2. The highest BCUT2D eigenvalue weighted by atomic mass is 16.6. The van der Waals surface area contributed by atoms with Crippen LogP contribution >= 0.6 is 0 Å². The van der Waals surface area contributed by atoms with Crippen LogP contribution in [0.4, 0.5) is 11.4 Å². The van der Waals surface area contributed by atoms with Crippen molar-refractivity contribution in [3.05, 3.63) is 57.6 Å². The van der Waals surface area contributed by atoms with Crippen molar-refractivity contribution in [2.24, 2.45) is 0 Å². The summed E-state index contributed by atoms with van der Waals surface area (Å²) in [5.41, 5.74) is 5.99. The minimum Gasteiger partial charge on any atom is -0.469 e. The van der Waals surface area contributed by atoms with Crippen LogP contribution in [0.1, 0.15) is 15.9 Å². The maximum Gasteiger partial charge on any atom is 0.340 e. The summed E-state index contributed by atoms with van der Waals surface area (Å²) in [5, 5.41) is 11.1. The number of hydrogen-bond donors (Lipinski definition) is 1. The van der Waals surface area contributed by atoms with Gasteiger partial charge in [0.15, 0.2) is 0 Å². The van der Waals surface area contributed by atoms with Gasteiger partial charge in [-0.3, -0.25) is 14.9 Å². The van der Waals surface area contributed by atoms with Crippen molar-refractivity contribution in [3.63, 3.8) is 0 Å². The number of rotatable bonds is 6. The van der Waals surface area contributed by atoms with Gasteiger partial charge in [-0.15, -0.1) is 0 Å². The van der Waals surface area contributed by atoms with Crippen molar-refractivity contribution in [1.82, 2.24) is 0 Å². The minimum absolute atomic E-state index is 0.127. The highest BCUT2D eigenvalue weighted by Gasteiger charge is 2.18. The lowest BCUT2D eigenvalue weighted by Crippen LogP contribution is -2.07. The topological polar surface area (TPSA) is 131 Å². The molecule has 0 saturated heterocycles. The third-order valence-corrected chi connectivity index (χ3v) is 3.48. The lowest BCUT2D eigenvalue weighted by atomic mass is 10.1. The summed E-state index contributed by atoms with van der Waals surface area (Å²) in [5.74, 6) is -0.721. The van der Waals surface area contributed by atoms with E-state index in [1.807, 2.05) is 0 Å². The smallest absolute Gasteiger partial charge is 0.340 e. The molecule has 0 aliphatic heterocycles. The maximum atomic E-state index is 11.7. The zero-order valence-electron chi connectivity index (χ0n) is 14.1. The number of benzene rings is 2. The zero-order valence-corrected chi connectivity index (χ0v) is 14.1. The van der Waals surface area contributed by atoms with Crippen molar-refractivity contribution in [2.45, 2.75) is 6.42 Å². The van der Waals surface area contributed by atoms with Crippen LogP contribution < -0.4 is 10.5 Å². The van der Waals surface area contributed by atoms with Crippen molar-refractivity contribution < 1.29 is 28.7 Å². The van der Waals surface area contributed by atoms with E-state index in [2.05, 4.69) is 9.47 Å². The number of carbonyl (C=O) groups is 2. The fourth-order valence-electron chi connectivity index (χ4n) is 2.19. The van der Waals surface area contributed by atoms with Crippen molar-refractivity contribution in [3.8, 4) is 11.5 Å². The molecule has 0 unspecified atom stereocenters. The molecule has 2 aromatic rings. The summed E-state index contributed by atoms with van der Waals surface area (Å²) in [7, 11) is 2.42. The molecule has 0 spiro atoms. The Labute approximate surface area is 148 Å². The highest BCUT2D eigenvalue weighted by molar-refractivity contribution is 5.95. The van der Waals surface area contributed by atoms with E-state index in [0.29, 0.717) is 0 Å². The first-order valence-electron chi connectivity index (χ1n) is 7.35.